The SMILES string of the molecule is C=C(CS(=O)(=O)c1ccccc1)C1=CCCN(C(=O)OC(C)(C)C)C1. The van der Waals surface area contributed by atoms with Crippen LogP contribution < -0.4 is 0 Å². The van der Waals surface area contributed by atoms with Crippen molar-refractivity contribution in [1.82, 2.24) is 4.90 Å². The van der Waals surface area contributed by atoms with Crippen LogP contribution >= 0.6 is 0 Å². The zero-order chi connectivity index (χ0) is 18.7. The van der Waals surface area contributed by atoms with E-state index < -0.39 is 21.5 Å². The van der Waals surface area contributed by atoms with Gasteiger partial charge < -0.3 is 9.64 Å². The first kappa shape index (κ1) is 19.2. The summed E-state index contributed by atoms with van der Waals surface area (Å²) in [6.45, 7) is 10.3. The highest BCUT2D eigenvalue weighted by Crippen LogP contribution is 2.22. The van der Waals surface area contributed by atoms with Crippen LogP contribution in [0.3, 0.4) is 0 Å². The maximum absolute atomic E-state index is 12.5. The highest BCUT2D eigenvalue weighted by Gasteiger charge is 2.26. The summed E-state index contributed by atoms with van der Waals surface area (Å²) in [5.74, 6) is -0.162. The Morgan fingerprint density at radius 2 is 1.88 bits per heavy atom. The molecule has 0 fully saturated rings. The van der Waals surface area contributed by atoms with Gasteiger partial charge in [-0.3, -0.25) is 0 Å². The summed E-state index contributed by atoms with van der Waals surface area (Å²) in [6, 6.07) is 8.31. The van der Waals surface area contributed by atoms with Crippen LogP contribution in [0, 0.1) is 0 Å². The number of rotatable bonds is 4. The van der Waals surface area contributed by atoms with Crippen molar-refractivity contribution in [1.29, 1.82) is 0 Å². The number of carbonyl (C=O) groups is 1. The van der Waals surface area contributed by atoms with Crippen LogP contribution in [0.25, 0.3) is 0 Å². The first-order valence-electron chi connectivity index (χ1n) is 8.21. The molecule has 0 aliphatic carbocycles. The van der Waals surface area contributed by atoms with Gasteiger partial charge in [-0.25, -0.2) is 13.2 Å². The van der Waals surface area contributed by atoms with Gasteiger partial charge in [0.1, 0.15) is 5.60 Å². The molecule has 1 aromatic carbocycles. The molecule has 0 saturated carbocycles. The van der Waals surface area contributed by atoms with Crippen molar-refractivity contribution in [3.63, 3.8) is 0 Å². The van der Waals surface area contributed by atoms with E-state index in [1.807, 2.05) is 26.8 Å². The van der Waals surface area contributed by atoms with E-state index in [2.05, 4.69) is 6.58 Å². The molecule has 0 radical (unpaired) electrons. The molecule has 1 aliphatic heterocycles. The lowest BCUT2D eigenvalue weighted by molar-refractivity contribution is 0.0263. The molecule has 136 valence electrons. The van der Waals surface area contributed by atoms with Crippen molar-refractivity contribution in [2.75, 3.05) is 18.8 Å². The molecule has 1 amide bonds. The second-order valence-corrected chi connectivity index (χ2v) is 9.09. The second kappa shape index (κ2) is 7.44. The van der Waals surface area contributed by atoms with E-state index in [-0.39, 0.29) is 10.6 Å². The fourth-order valence-corrected chi connectivity index (χ4v) is 3.90. The van der Waals surface area contributed by atoms with Crippen molar-refractivity contribution in [2.24, 2.45) is 0 Å². The molecule has 0 saturated heterocycles. The van der Waals surface area contributed by atoms with E-state index in [1.54, 1.807) is 35.2 Å². The van der Waals surface area contributed by atoms with E-state index in [1.165, 1.54) is 0 Å². The van der Waals surface area contributed by atoms with E-state index in [4.69, 9.17) is 4.74 Å². The fraction of sp³-hybridized carbons (Fsp3) is 0.421. The van der Waals surface area contributed by atoms with Crippen LogP contribution in [-0.4, -0.2) is 43.9 Å². The first-order valence-corrected chi connectivity index (χ1v) is 9.87. The minimum Gasteiger partial charge on any atom is -0.444 e. The molecule has 0 unspecified atom stereocenters. The minimum absolute atomic E-state index is 0.162. The molecule has 25 heavy (non-hydrogen) atoms. The predicted octanol–water partition coefficient (Wildman–Crippen LogP) is 3.58. The Bertz CT molecular complexity index is 773. The zero-order valence-corrected chi connectivity index (χ0v) is 15.8. The van der Waals surface area contributed by atoms with E-state index in [0.29, 0.717) is 25.1 Å². The quantitative estimate of drug-likeness (QED) is 0.820. The smallest absolute Gasteiger partial charge is 0.410 e. The van der Waals surface area contributed by atoms with E-state index >= 15 is 0 Å². The van der Waals surface area contributed by atoms with Crippen LogP contribution in [0.4, 0.5) is 4.79 Å². The average Bonchev–Trinajstić information content (AvgIpc) is 2.54. The van der Waals surface area contributed by atoms with Crippen molar-refractivity contribution in [3.05, 3.63) is 54.1 Å². The third-order valence-electron chi connectivity index (χ3n) is 3.72. The Morgan fingerprint density at radius 1 is 1.24 bits per heavy atom. The predicted molar refractivity (Wildman–Crippen MR) is 98.1 cm³/mol. The van der Waals surface area contributed by atoms with Gasteiger partial charge >= 0.3 is 6.09 Å². The number of hydrogen-bond donors (Lipinski definition) is 0. The monoisotopic (exact) mass is 363 g/mol. The summed E-state index contributed by atoms with van der Waals surface area (Å²) in [5.41, 5.74) is 0.722. The van der Waals surface area contributed by atoms with Gasteiger partial charge in [0.15, 0.2) is 9.84 Å². The third-order valence-corrected chi connectivity index (χ3v) is 5.44. The van der Waals surface area contributed by atoms with Gasteiger partial charge in [-0.2, -0.15) is 0 Å². The largest absolute Gasteiger partial charge is 0.444 e. The molecule has 0 N–H and O–H groups in total. The molecule has 1 heterocycles. The molecule has 0 aromatic heterocycles. The maximum Gasteiger partial charge on any atom is 0.410 e. The molecule has 5 nitrogen and oxygen atoms in total. The van der Waals surface area contributed by atoms with Crippen molar-refractivity contribution in [2.45, 2.75) is 37.7 Å². The minimum atomic E-state index is -3.45. The topological polar surface area (TPSA) is 63.7 Å². The van der Waals surface area contributed by atoms with Crippen molar-refractivity contribution < 1.29 is 17.9 Å². The van der Waals surface area contributed by atoms with Gasteiger partial charge in [0.05, 0.1) is 10.6 Å². The highest BCUT2D eigenvalue weighted by molar-refractivity contribution is 7.91. The van der Waals surface area contributed by atoms with Crippen LogP contribution in [0.15, 0.2) is 59.0 Å². The number of carbonyl (C=O) groups excluding carboxylic acids is 1. The summed E-state index contributed by atoms with van der Waals surface area (Å²) < 4.78 is 30.4. The summed E-state index contributed by atoms with van der Waals surface area (Å²) in [5, 5.41) is 0. The van der Waals surface area contributed by atoms with Crippen LogP contribution in [0.2, 0.25) is 0 Å². The molecule has 1 aliphatic rings. The van der Waals surface area contributed by atoms with Gasteiger partial charge in [-0.05, 0) is 50.5 Å². The Labute approximate surface area is 149 Å². The zero-order valence-electron chi connectivity index (χ0n) is 15.0. The van der Waals surface area contributed by atoms with Gasteiger partial charge in [-0.1, -0.05) is 30.9 Å². The number of hydrogen-bond acceptors (Lipinski definition) is 4. The molecular weight excluding hydrogens is 338 g/mol. The number of nitrogens with zero attached hydrogens (tertiary/aromatic N) is 1. The number of ether oxygens (including phenoxy) is 1. The molecule has 2 rings (SSSR count). The van der Waals surface area contributed by atoms with Gasteiger partial charge in [0.25, 0.3) is 0 Å². The lowest BCUT2D eigenvalue weighted by atomic mass is 10.0. The fourth-order valence-electron chi connectivity index (χ4n) is 2.52. The molecule has 6 heteroatoms. The number of amides is 1. The normalized spacial score (nSPS) is 15.5. The van der Waals surface area contributed by atoms with E-state index in [0.717, 1.165) is 5.57 Å². The Morgan fingerprint density at radius 3 is 2.48 bits per heavy atom. The van der Waals surface area contributed by atoms with Gasteiger partial charge in [0, 0.05) is 13.1 Å². The average molecular weight is 363 g/mol. The summed E-state index contributed by atoms with van der Waals surface area (Å²) in [7, 11) is -3.45. The Balaban J connectivity index is 2.05. The van der Waals surface area contributed by atoms with Crippen LogP contribution in [-0.2, 0) is 14.6 Å². The van der Waals surface area contributed by atoms with Crippen LogP contribution in [0.1, 0.15) is 27.2 Å². The van der Waals surface area contributed by atoms with Crippen LogP contribution in [0.5, 0.6) is 0 Å². The number of benzene rings is 1. The highest BCUT2D eigenvalue weighted by atomic mass is 32.2. The van der Waals surface area contributed by atoms with Crippen molar-refractivity contribution >= 4 is 15.9 Å². The Kier molecular flexibility index (Phi) is 5.72. The lowest BCUT2D eigenvalue weighted by Crippen LogP contribution is -2.40. The molecule has 1 aromatic rings. The molecule has 0 bridgehead atoms. The van der Waals surface area contributed by atoms with Gasteiger partial charge in [-0.15, -0.1) is 0 Å². The number of sulfone groups is 1. The summed E-state index contributed by atoms with van der Waals surface area (Å²) in [4.78, 5) is 14.1. The lowest BCUT2D eigenvalue weighted by Gasteiger charge is -2.30. The maximum atomic E-state index is 12.5. The standard InChI is InChI=1S/C19H25NO4S/c1-15(14-25(22,23)17-10-6-5-7-11-17)16-9-8-12-20(13-16)18(21)24-19(2,3)4/h5-7,9-11H,1,8,12-14H2,2-4H3. The molecule has 0 atom stereocenters. The second-order valence-electron chi connectivity index (χ2n) is 7.10. The first-order chi connectivity index (χ1) is 11.6. The van der Waals surface area contributed by atoms with E-state index in [9.17, 15) is 13.2 Å². The molecule has 0 spiro atoms. The third kappa shape index (κ3) is 5.46. The summed E-state index contributed by atoms with van der Waals surface area (Å²) in [6.07, 6.45) is 2.21. The summed E-state index contributed by atoms with van der Waals surface area (Å²) >= 11 is 0. The van der Waals surface area contributed by atoms with Gasteiger partial charge in [0.2, 0.25) is 0 Å². The van der Waals surface area contributed by atoms with Crippen molar-refractivity contribution in [3.8, 4) is 0 Å². The molecular formula is C19H25NO4S. The Hall–Kier alpha value is -2.08.